The monoisotopic (exact) mass is 375 g/mol. The SMILES string of the molecule is CCOC1COC(c2ccc(COc3ccc(C#N)c(F)c3F)cc2)CO1. The van der Waals surface area contributed by atoms with Crippen LogP contribution in [0, 0.1) is 23.0 Å². The third-order valence-electron chi connectivity index (χ3n) is 4.13. The zero-order valence-corrected chi connectivity index (χ0v) is 14.8. The molecule has 27 heavy (non-hydrogen) atoms. The highest BCUT2D eigenvalue weighted by Gasteiger charge is 2.23. The van der Waals surface area contributed by atoms with Crippen LogP contribution in [-0.4, -0.2) is 26.1 Å². The van der Waals surface area contributed by atoms with Crippen LogP contribution in [0.3, 0.4) is 0 Å². The van der Waals surface area contributed by atoms with Gasteiger partial charge in [-0.25, -0.2) is 4.39 Å². The summed E-state index contributed by atoms with van der Waals surface area (Å²) < 4.78 is 49.5. The summed E-state index contributed by atoms with van der Waals surface area (Å²) >= 11 is 0. The Morgan fingerprint density at radius 2 is 1.85 bits per heavy atom. The van der Waals surface area contributed by atoms with Gasteiger partial charge in [0.25, 0.3) is 0 Å². The van der Waals surface area contributed by atoms with Crippen molar-refractivity contribution in [1.82, 2.24) is 0 Å². The molecule has 2 atom stereocenters. The van der Waals surface area contributed by atoms with Crippen molar-refractivity contribution in [2.75, 3.05) is 19.8 Å². The first kappa shape index (κ1) is 19.2. The number of benzene rings is 2. The molecule has 2 aromatic carbocycles. The Kier molecular flexibility index (Phi) is 6.35. The lowest BCUT2D eigenvalue weighted by molar-refractivity contribution is -0.234. The molecule has 0 spiro atoms. The average Bonchev–Trinajstić information content (AvgIpc) is 2.70. The second kappa shape index (κ2) is 8.91. The molecule has 142 valence electrons. The van der Waals surface area contributed by atoms with Crippen LogP contribution in [-0.2, 0) is 20.8 Å². The summed E-state index contributed by atoms with van der Waals surface area (Å²) in [5, 5.41) is 8.69. The van der Waals surface area contributed by atoms with Crippen LogP contribution in [0.2, 0.25) is 0 Å². The summed E-state index contributed by atoms with van der Waals surface area (Å²) in [4.78, 5) is 0. The van der Waals surface area contributed by atoms with Crippen LogP contribution in [0.25, 0.3) is 0 Å². The molecule has 0 amide bonds. The van der Waals surface area contributed by atoms with Gasteiger partial charge >= 0.3 is 0 Å². The Hall–Kier alpha value is -2.53. The third-order valence-corrected chi connectivity index (χ3v) is 4.13. The molecule has 5 nitrogen and oxygen atoms in total. The molecule has 1 saturated heterocycles. The van der Waals surface area contributed by atoms with E-state index in [0.29, 0.717) is 19.8 Å². The number of hydrogen-bond acceptors (Lipinski definition) is 5. The van der Waals surface area contributed by atoms with Gasteiger partial charge in [-0.2, -0.15) is 9.65 Å². The minimum atomic E-state index is -1.20. The van der Waals surface area contributed by atoms with Crippen LogP contribution in [0.4, 0.5) is 8.78 Å². The quantitative estimate of drug-likeness (QED) is 0.767. The molecule has 0 N–H and O–H groups in total. The fraction of sp³-hybridized carbons (Fsp3) is 0.350. The van der Waals surface area contributed by atoms with Crippen molar-refractivity contribution in [3.05, 3.63) is 64.7 Å². The topological polar surface area (TPSA) is 60.7 Å². The maximum Gasteiger partial charge on any atom is 0.202 e. The minimum Gasteiger partial charge on any atom is -0.486 e. The molecule has 0 aromatic heterocycles. The Morgan fingerprint density at radius 3 is 2.48 bits per heavy atom. The van der Waals surface area contributed by atoms with Gasteiger partial charge < -0.3 is 18.9 Å². The number of nitriles is 1. The number of rotatable bonds is 6. The molecule has 0 radical (unpaired) electrons. The molecule has 0 saturated carbocycles. The Bertz CT molecular complexity index is 812. The second-order valence-electron chi connectivity index (χ2n) is 5.92. The molecule has 2 aromatic rings. The van der Waals surface area contributed by atoms with Crippen LogP contribution in [0.5, 0.6) is 5.75 Å². The fourth-order valence-electron chi connectivity index (χ4n) is 2.68. The summed E-state index contributed by atoms with van der Waals surface area (Å²) in [6.45, 7) is 3.30. The van der Waals surface area contributed by atoms with Gasteiger partial charge in [0.05, 0.1) is 18.8 Å². The first-order valence-corrected chi connectivity index (χ1v) is 8.57. The third kappa shape index (κ3) is 4.61. The number of nitrogens with zero attached hydrogens (tertiary/aromatic N) is 1. The smallest absolute Gasteiger partial charge is 0.202 e. The van der Waals surface area contributed by atoms with Crippen LogP contribution < -0.4 is 4.74 Å². The number of ether oxygens (including phenoxy) is 4. The number of hydrogen-bond donors (Lipinski definition) is 0. The molecule has 7 heteroatoms. The van der Waals surface area contributed by atoms with E-state index in [1.807, 2.05) is 31.2 Å². The van der Waals surface area contributed by atoms with Crippen molar-refractivity contribution in [3.63, 3.8) is 0 Å². The molecular weight excluding hydrogens is 356 g/mol. The lowest BCUT2D eigenvalue weighted by Crippen LogP contribution is -2.33. The lowest BCUT2D eigenvalue weighted by Gasteiger charge is -2.29. The van der Waals surface area contributed by atoms with Crippen molar-refractivity contribution in [1.29, 1.82) is 5.26 Å². The van der Waals surface area contributed by atoms with E-state index in [0.717, 1.165) is 11.1 Å². The van der Waals surface area contributed by atoms with Crippen LogP contribution in [0.1, 0.15) is 29.7 Å². The van der Waals surface area contributed by atoms with Crippen molar-refractivity contribution >= 4 is 0 Å². The fourth-order valence-corrected chi connectivity index (χ4v) is 2.68. The van der Waals surface area contributed by atoms with Crippen molar-refractivity contribution in [2.24, 2.45) is 0 Å². The highest BCUT2D eigenvalue weighted by molar-refractivity contribution is 5.38. The van der Waals surface area contributed by atoms with E-state index < -0.39 is 11.6 Å². The molecule has 0 aliphatic carbocycles. The highest BCUT2D eigenvalue weighted by atomic mass is 19.2. The average molecular weight is 375 g/mol. The first-order valence-electron chi connectivity index (χ1n) is 8.57. The maximum absolute atomic E-state index is 13.9. The van der Waals surface area contributed by atoms with E-state index in [1.54, 1.807) is 6.07 Å². The van der Waals surface area contributed by atoms with Gasteiger partial charge in [0, 0.05) is 6.61 Å². The zero-order valence-electron chi connectivity index (χ0n) is 14.8. The molecule has 1 aliphatic heterocycles. The predicted molar refractivity (Wildman–Crippen MR) is 91.9 cm³/mol. The van der Waals surface area contributed by atoms with Crippen LogP contribution in [0.15, 0.2) is 36.4 Å². The largest absolute Gasteiger partial charge is 0.486 e. The Labute approximate surface area is 156 Å². The first-order chi connectivity index (χ1) is 13.1. The Balaban J connectivity index is 1.57. The van der Waals surface area contributed by atoms with E-state index in [4.69, 9.17) is 24.2 Å². The maximum atomic E-state index is 13.9. The summed E-state index contributed by atoms with van der Waals surface area (Å²) in [5.74, 6) is -2.60. The van der Waals surface area contributed by atoms with E-state index in [1.165, 1.54) is 12.1 Å². The molecule has 1 heterocycles. The summed E-state index contributed by atoms with van der Waals surface area (Å²) in [5.41, 5.74) is 1.38. The van der Waals surface area contributed by atoms with Gasteiger partial charge in [-0.1, -0.05) is 24.3 Å². The molecule has 3 rings (SSSR count). The lowest BCUT2D eigenvalue weighted by atomic mass is 10.1. The van der Waals surface area contributed by atoms with Gasteiger partial charge in [0.15, 0.2) is 17.9 Å². The summed E-state index contributed by atoms with van der Waals surface area (Å²) in [7, 11) is 0. The zero-order chi connectivity index (χ0) is 19.2. The van der Waals surface area contributed by atoms with Crippen molar-refractivity contribution in [3.8, 4) is 11.8 Å². The van der Waals surface area contributed by atoms with E-state index in [-0.39, 0.29) is 30.3 Å². The molecule has 1 aliphatic rings. The van der Waals surface area contributed by atoms with Gasteiger partial charge in [-0.15, -0.1) is 0 Å². The number of halogens is 2. The van der Waals surface area contributed by atoms with Crippen molar-refractivity contribution in [2.45, 2.75) is 25.9 Å². The van der Waals surface area contributed by atoms with E-state index >= 15 is 0 Å². The van der Waals surface area contributed by atoms with Gasteiger partial charge in [0.1, 0.15) is 18.8 Å². The summed E-state index contributed by atoms with van der Waals surface area (Å²) in [6.07, 6.45) is -0.511. The van der Waals surface area contributed by atoms with E-state index in [2.05, 4.69) is 0 Å². The predicted octanol–water partition coefficient (Wildman–Crippen LogP) is 3.87. The molecule has 0 bridgehead atoms. The normalized spacial score (nSPS) is 19.5. The van der Waals surface area contributed by atoms with Gasteiger partial charge in [0.2, 0.25) is 5.82 Å². The second-order valence-corrected chi connectivity index (χ2v) is 5.92. The Morgan fingerprint density at radius 1 is 1.07 bits per heavy atom. The molecule has 1 fully saturated rings. The van der Waals surface area contributed by atoms with Crippen LogP contribution >= 0.6 is 0 Å². The highest BCUT2D eigenvalue weighted by Crippen LogP contribution is 2.25. The van der Waals surface area contributed by atoms with Gasteiger partial charge in [-0.3, -0.25) is 0 Å². The minimum absolute atomic E-state index is 0.0664. The van der Waals surface area contributed by atoms with Gasteiger partial charge in [-0.05, 0) is 30.2 Å². The van der Waals surface area contributed by atoms with Crippen molar-refractivity contribution < 1.29 is 27.7 Å². The standard InChI is InChI=1S/C20H19F2NO4/c1-2-24-18-12-26-17(11-27-18)14-5-3-13(4-6-14)10-25-16-8-7-15(9-23)19(21)20(16)22/h3-8,17-18H,2,10-12H2,1H3. The summed E-state index contributed by atoms with van der Waals surface area (Å²) in [6, 6.07) is 11.4. The molecular formula is C20H19F2NO4. The molecule has 2 unspecified atom stereocenters. The van der Waals surface area contributed by atoms with E-state index in [9.17, 15) is 8.78 Å².